The number of hydrogen-bond donors (Lipinski definition) is 0. The monoisotopic (exact) mass is 250 g/mol. The Morgan fingerprint density at radius 1 is 1.00 bits per heavy atom. The number of hydrazone groups is 1. The van der Waals surface area contributed by atoms with Gasteiger partial charge in [-0.25, -0.2) is 0 Å². The van der Waals surface area contributed by atoms with E-state index in [1.807, 2.05) is 23.2 Å². The van der Waals surface area contributed by atoms with Crippen molar-refractivity contribution in [2.45, 2.75) is 12.5 Å². The van der Waals surface area contributed by atoms with E-state index in [2.05, 4.69) is 36.4 Å². The van der Waals surface area contributed by atoms with Crippen LogP contribution in [0.1, 0.15) is 23.6 Å². The highest BCUT2D eigenvalue weighted by atomic mass is 16.5. The number of nitrogens with zero attached hydrogens (tertiary/aromatic N) is 2. The van der Waals surface area contributed by atoms with Crippen molar-refractivity contribution in [3.8, 4) is 5.75 Å². The predicted octanol–water partition coefficient (Wildman–Crippen LogP) is 3.19. The minimum atomic E-state index is 0.320. The Morgan fingerprint density at radius 2 is 1.79 bits per heavy atom. The SMILES string of the molecule is c1ccc(C2=NN3COc4ccccc4[C@@H]3C2)cc1. The molecule has 2 aromatic rings. The molecule has 0 bridgehead atoms. The molecule has 0 aliphatic carbocycles. The summed E-state index contributed by atoms with van der Waals surface area (Å²) in [5.41, 5.74) is 3.59. The van der Waals surface area contributed by atoms with Crippen LogP contribution in [0, 0.1) is 0 Å². The van der Waals surface area contributed by atoms with Gasteiger partial charge in [-0.3, -0.25) is 5.01 Å². The fourth-order valence-electron chi connectivity index (χ4n) is 2.77. The maximum Gasteiger partial charge on any atom is 0.177 e. The lowest BCUT2D eigenvalue weighted by atomic mass is 9.97. The van der Waals surface area contributed by atoms with Crippen molar-refractivity contribution >= 4 is 5.71 Å². The highest BCUT2D eigenvalue weighted by Gasteiger charge is 2.33. The summed E-state index contributed by atoms with van der Waals surface area (Å²) in [6.07, 6.45) is 0.949. The standard InChI is InChI=1S/C16H14N2O/c1-2-6-12(7-3-1)14-10-15-13-8-4-5-9-16(13)19-11-18(15)17-14/h1-9,15H,10-11H2/t15-/m0/s1. The first-order valence-corrected chi connectivity index (χ1v) is 6.53. The van der Waals surface area contributed by atoms with Crippen molar-refractivity contribution in [3.63, 3.8) is 0 Å². The van der Waals surface area contributed by atoms with E-state index in [1.165, 1.54) is 11.1 Å². The number of rotatable bonds is 1. The van der Waals surface area contributed by atoms with Crippen LogP contribution in [-0.2, 0) is 0 Å². The van der Waals surface area contributed by atoms with E-state index in [-0.39, 0.29) is 0 Å². The molecule has 0 spiro atoms. The maximum absolute atomic E-state index is 5.74. The predicted molar refractivity (Wildman–Crippen MR) is 74.1 cm³/mol. The van der Waals surface area contributed by atoms with Gasteiger partial charge in [0.1, 0.15) is 5.75 Å². The van der Waals surface area contributed by atoms with E-state index in [4.69, 9.17) is 9.84 Å². The van der Waals surface area contributed by atoms with Crippen LogP contribution in [0.25, 0.3) is 0 Å². The van der Waals surface area contributed by atoms with E-state index in [0.717, 1.165) is 17.9 Å². The molecule has 2 aliphatic rings. The molecule has 0 amide bonds. The summed E-state index contributed by atoms with van der Waals surface area (Å²) in [4.78, 5) is 0. The van der Waals surface area contributed by atoms with Gasteiger partial charge < -0.3 is 4.74 Å². The summed E-state index contributed by atoms with van der Waals surface area (Å²) in [5.74, 6) is 0.994. The lowest BCUT2D eigenvalue weighted by Crippen LogP contribution is -2.29. The smallest absolute Gasteiger partial charge is 0.177 e. The second-order valence-electron chi connectivity index (χ2n) is 4.88. The molecule has 4 rings (SSSR count). The second-order valence-corrected chi connectivity index (χ2v) is 4.88. The summed E-state index contributed by atoms with van der Waals surface area (Å²) in [6, 6.07) is 18.9. The average molecular weight is 250 g/mol. The molecule has 0 radical (unpaired) electrons. The van der Waals surface area contributed by atoms with Crippen LogP contribution in [0.4, 0.5) is 0 Å². The van der Waals surface area contributed by atoms with Crippen LogP contribution in [0.2, 0.25) is 0 Å². The van der Waals surface area contributed by atoms with Crippen molar-refractivity contribution < 1.29 is 4.74 Å². The summed E-state index contributed by atoms with van der Waals surface area (Å²) in [5, 5.41) is 6.75. The first-order chi connectivity index (χ1) is 9.42. The second kappa shape index (κ2) is 4.12. The van der Waals surface area contributed by atoms with Gasteiger partial charge in [-0.2, -0.15) is 5.10 Å². The van der Waals surface area contributed by atoms with Gasteiger partial charge >= 0.3 is 0 Å². The quantitative estimate of drug-likeness (QED) is 0.776. The van der Waals surface area contributed by atoms with Gasteiger partial charge in [-0.05, 0) is 11.6 Å². The van der Waals surface area contributed by atoms with Gasteiger partial charge in [0.15, 0.2) is 6.73 Å². The summed E-state index contributed by atoms with van der Waals surface area (Å²) >= 11 is 0. The molecule has 2 heterocycles. The molecule has 2 aliphatic heterocycles. The van der Waals surface area contributed by atoms with Gasteiger partial charge in [-0.1, -0.05) is 48.5 Å². The number of ether oxygens (including phenoxy) is 1. The Labute approximate surface area is 112 Å². The zero-order valence-electron chi connectivity index (χ0n) is 10.5. The van der Waals surface area contributed by atoms with Crippen molar-refractivity contribution in [2.75, 3.05) is 6.73 Å². The third kappa shape index (κ3) is 1.70. The molecular weight excluding hydrogens is 236 g/mol. The zero-order chi connectivity index (χ0) is 12.7. The minimum Gasteiger partial charge on any atom is -0.471 e. The Balaban J connectivity index is 1.70. The Morgan fingerprint density at radius 3 is 2.68 bits per heavy atom. The number of hydrogen-bond acceptors (Lipinski definition) is 3. The maximum atomic E-state index is 5.74. The molecule has 0 fully saturated rings. The van der Waals surface area contributed by atoms with Crippen LogP contribution in [-0.4, -0.2) is 17.5 Å². The molecular formula is C16H14N2O. The zero-order valence-corrected chi connectivity index (χ0v) is 10.5. The molecule has 94 valence electrons. The highest BCUT2D eigenvalue weighted by molar-refractivity contribution is 6.01. The minimum absolute atomic E-state index is 0.320. The van der Waals surface area contributed by atoms with Gasteiger partial charge in [0, 0.05) is 12.0 Å². The molecule has 1 atom stereocenters. The number of para-hydroxylation sites is 1. The third-order valence-corrected chi connectivity index (χ3v) is 3.73. The van der Waals surface area contributed by atoms with Gasteiger partial charge in [-0.15, -0.1) is 0 Å². The first-order valence-electron chi connectivity index (χ1n) is 6.53. The van der Waals surface area contributed by atoms with Crippen molar-refractivity contribution in [3.05, 3.63) is 65.7 Å². The summed E-state index contributed by atoms with van der Waals surface area (Å²) in [6.45, 7) is 0.540. The van der Waals surface area contributed by atoms with Crippen LogP contribution in [0.3, 0.4) is 0 Å². The molecule has 0 saturated heterocycles. The molecule has 3 heteroatoms. The van der Waals surface area contributed by atoms with Crippen LogP contribution >= 0.6 is 0 Å². The van der Waals surface area contributed by atoms with Gasteiger partial charge in [0.2, 0.25) is 0 Å². The van der Waals surface area contributed by atoms with Crippen molar-refractivity contribution in [1.29, 1.82) is 0 Å². The largest absolute Gasteiger partial charge is 0.471 e. The lowest BCUT2D eigenvalue weighted by Gasteiger charge is -2.30. The number of benzene rings is 2. The summed E-state index contributed by atoms with van der Waals surface area (Å²) < 4.78 is 5.74. The van der Waals surface area contributed by atoms with E-state index in [1.54, 1.807) is 0 Å². The third-order valence-electron chi connectivity index (χ3n) is 3.73. The van der Waals surface area contributed by atoms with Crippen molar-refractivity contribution in [1.82, 2.24) is 5.01 Å². The molecule has 0 aromatic heterocycles. The molecule has 19 heavy (non-hydrogen) atoms. The average Bonchev–Trinajstić information content (AvgIpc) is 2.93. The van der Waals surface area contributed by atoms with Crippen LogP contribution in [0.5, 0.6) is 5.75 Å². The summed E-state index contributed by atoms with van der Waals surface area (Å²) in [7, 11) is 0. The van der Waals surface area contributed by atoms with Crippen molar-refractivity contribution in [2.24, 2.45) is 5.10 Å². The van der Waals surface area contributed by atoms with E-state index >= 15 is 0 Å². The molecule has 0 saturated carbocycles. The fourth-order valence-corrected chi connectivity index (χ4v) is 2.77. The van der Waals surface area contributed by atoms with E-state index in [0.29, 0.717) is 12.8 Å². The Bertz CT molecular complexity index is 636. The lowest BCUT2D eigenvalue weighted by molar-refractivity contribution is 0.0750. The molecule has 3 nitrogen and oxygen atoms in total. The normalized spacial score (nSPS) is 20.3. The first kappa shape index (κ1) is 10.6. The Hall–Kier alpha value is -2.29. The van der Waals surface area contributed by atoms with Gasteiger partial charge in [0.05, 0.1) is 11.8 Å². The van der Waals surface area contributed by atoms with Crippen LogP contribution < -0.4 is 4.74 Å². The molecule has 0 N–H and O–H groups in total. The van der Waals surface area contributed by atoms with Crippen LogP contribution in [0.15, 0.2) is 59.7 Å². The highest BCUT2D eigenvalue weighted by Crippen LogP contribution is 2.40. The topological polar surface area (TPSA) is 24.8 Å². The van der Waals surface area contributed by atoms with E-state index in [9.17, 15) is 0 Å². The van der Waals surface area contributed by atoms with E-state index < -0.39 is 0 Å². The molecule has 0 unspecified atom stereocenters. The number of fused-ring (bicyclic) bond motifs is 3. The fraction of sp³-hybridized carbons (Fsp3) is 0.188. The van der Waals surface area contributed by atoms with Gasteiger partial charge in [0.25, 0.3) is 0 Å². The molecule has 2 aromatic carbocycles. The Kier molecular flexibility index (Phi) is 2.30.